The molecular formula is C13H8ClN3O2. The number of benzene rings is 1. The van der Waals surface area contributed by atoms with Crippen LogP contribution in [0.2, 0.25) is 5.02 Å². The van der Waals surface area contributed by atoms with Gasteiger partial charge in [0.2, 0.25) is 0 Å². The molecule has 2 aromatic heterocycles. The van der Waals surface area contributed by atoms with E-state index in [1.807, 2.05) is 6.07 Å². The maximum absolute atomic E-state index is 11.2. The highest BCUT2D eigenvalue weighted by Crippen LogP contribution is 2.29. The van der Waals surface area contributed by atoms with Gasteiger partial charge in [-0.05, 0) is 12.1 Å². The minimum absolute atomic E-state index is 0.144. The van der Waals surface area contributed by atoms with Crippen molar-refractivity contribution >= 4 is 28.6 Å². The Kier molecular flexibility index (Phi) is 2.68. The van der Waals surface area contributed by atoms with Gasteiger partial charge in [0, 0.05) is 16.8 Å². The van der Waals surface area contributed by atoms with Gasteiger partial charge in [0.15, 0.2) is 0 Å². The van der Waals surface area contributed by atoms with Crippen molar-refractivity contribution < 1.29 is 9.90 Å². The van der Waals surface area contributed by atoms with Gasteiger partial charge >= 0.3 is 5.97 Å². The van der Waals surface area contributed by atoms with Crippen molar-refractivity contribution in [3.8, 4) is 11.3 Å². The topological polar surface area (TPSA) is 78.9 Å². The van der Waals surface area contributed by atoms with E-state index in [1.165, 1.54) is 12.5 Å². The number of hydrogen-bond acceptors (Lipinski definition) is 3. The molecule has 0 aliphatic heterocycles. The van der Waals surface area contributed by atoms with Crippen LogP contribution >= 0.6 is 11.6 Å². The first-order valence-corrected chi connectivity index (χ1v) is 5.86. The second-order valence-corrected chi connectivity index (χ2v) is 4.40. The molecule has 3 rings (SSSR count). The van der Waals surface area contributed by atoms with Crippen molar-refractivity contribution in [1.82, 2.24) is 15.0 Å². The van der Waals surface area contributed by atoms with Crippen LogP contribution in [0.4, 0.5) is 0 Å². The summed E-state index contributed by atoms with van der Waals surface area (Å²) in [5, 5.41) is 10.2. The molecule has 2 N–H and O–H groups in total. The maximum atomic E-state index is 11.2. The van der Waals surface area contributed by atoms with Gasteiger partial charge in [0.1, 0.15) is 12.0 Å². The molecule has 0 radical (unpaired) electrons. The first kappa shape index (κ1) is 11.7. The van der Waals surface area contributed by atoms with Crippen molar-refractivity contribution in [2.75, 3.05) is 0 Å². The second kappa shape index (κ2) is 4.37. The number of carbonyl (C=O) groups is 1. The third kappa shape index (κ3) is 1.94. The van der Waals surface area contributed by atoms with E-state index in [-0.39, 0.29) is 5.56 Å². The van der Waals surface area contributed by atoms with Gasteiger partial charge in [-0.15, -0.1) is 0 Å². The number of H-pyrrole nitrogens is 1. The monoisotopic (exact) mass is 273 g/mol. The third-order valence-electron chi connectivity index (χ3n) is 2.80. The van der Waals surface area contributed by atoms with Crippen molar-refractivity contribution in [3.63, 3.8) is 0 Å². The Hall–Kier alpha value is -2.40. The molecule has 0 bridgehead atoms. The molecule has 19 heavy (non-hydrogen) atoms. The Morgan fingerprint density at radius 3 is 2.89 bits per heavy atom. The average Bonchev–Trinajstić information content (AvgIpc) is 2.82. The van der Waals surface area contributed by atoms with Crippen LogP contribution in [0.5, 0.6) is 0 Å². The molecule has 0 saturated carbocycles. The van der Waals surface area contributed by atoms with Crippen LogP contribution in [0, 0.1) is 0 Å². The number of rotatable bonds is 2. The van der Waals surface area contributed by atoms with Crippen LogP contribution in [-0.4, -0.2) is 26.0 Å². The lowest BCUT2D eigenvalue weighted by atomic mass is 10.1. The molecule has 0 fully saturated rings. The summed E-state index contributed by atoms with van der Waals surface area (Å²) < 4.78 is 0. The number of halogens is 1. The van der Waals surface area contributed by atoms with E-state index in [0.29, 0.717) is 21.7 Å². The van der Waals surface area contributed by atoms with Crippen molar-refractivity contribution in [3.05, 3.63) is 47.4 Å². The highest BCUT2D eigenvalue weighted by molar-refractivity contribution is 6.30. The summed E-state index contributed by atoms with van der Waals surface area (Å²) >= 11 is 5.95. The quantitative estimate of drug-likeness (QED) is 0.752. The summed E-state index contributed by atoms with van der Waals surface area (Å²) in [4.78, 5) is 22.3. The van der Waals surface area contributed by atoms with Gasteiger partial charge in [-0.1, -0.05) is 23.7 Å². The first-order valence-electron chi connectivity index (χ1n) is 5.48. The highest BCUT2D eigenvalue weighted by Gasteiger charge is 2.17. The molecule has 0 spiro atoms. The Bertz CT molecular complexity index is 782. The van der Waals surface area contributed by atoms with Crippen molar-refractivity contribution in [2.45, 2.75) is 0 Å². The molecule has 6 heteroatoms. The minimum Gasteiger partial charge on any atom is -0.478 e. The number of hydrogen-bond donors (Lipinski definition) is 2. The molecule has 2 heterocycles. The third-order valence-corrected chi connectivity index (χ3v) is 3.03. The van der Waals surface area contributed by atoms with Crippen LogP contribution in [0.3, 0.4) is 0 Å². The van der Waals surface area contributed by atoms with Gasteiger partial charge in [0.05, 0.1) is 16.6 Å². The number of carboxylic acids is 1. The van der Waals surface area contributed by atoms with Gasteiger partial charge < -0.3 is 10.1 Å². The van der Waals surface area contributed by atoms with Crippen LogP contribution < -0.4 is 0 Å². The number of aromatic amines is 1. The van der Waals surface area contributed by atoms with E-state index in [4.69, 9.17) is 11.6 Å². The number of aromatic nitrogens is 3. The molecular weight excluding hydrogens is 266 g/mol. The Balaban J connectivity index is 2.35. The number of nitrogens with zero attached hydrogens (tertiary/aromatic N) is 2. The van der Waals surface area contributed by atoms with E-state index in [1.54, 1.807) is 18.2 Å². The van der Waals surface area contributed by atoms with E-state index in [9.17, 15) is 9.90 Å². The van der Waals surface area contributed by atoms with Crippen LogP contribution in [0.15, 0.2) is 36.8 Å². The van der Waals surface area contributed by atoms with E-state index < -0.39 is 5.97 Å². The molecule has 0 saturated heterocycles. The summed E-state index contributed by atoms with van der Waals surface area (Å²) in [6.07, 6.45) is 2.80. The molecule has 3 aromatic rings. The molecule has 0 amide bonds. The second-order valence-electron chi connectivity index (χ2n) is 3.96. The van der Waals surface area contributed by atoms with E-state index in [2.05, 4.69) is 15.0 Å². The Morgan fingerprint density at radius 2 is 2.16 bits per heavy atom. The fraction of sp³-hybridized carbons (Fsp3) is 0. The lowest BCUT2D eigenvalue weighted by molar-refractivity contribution is 0.0699. The highest BCUT2D eigenvalue weighted by atomic mass is 35.5. The number of fused-ring (bicyclic) bond motifs is 1. The predicted molar refractivity (Wildman–Crippen MR) is 71.3 cm³/mol. The average molecular weight is 274 g/mol. The number of aromatic carboxylic acids is 1. The Morgan fingerprint density at radius 1 is 1.32 bits per heavy atom. The SMILES string of the molecule is O=C(O)c1c[nH]c2ncnc(-c3cccc(Cl)c3)c12. The van der Waals surface area contributed by atoms with Gasteiger partial charge in [-0.3, -0.25) is 0 Å². The molecule has 5 nitrogen and oxygen atoms in total. The zero-order valence-electron chi connectivity index (χ0n) is 9.59. The largest absolute Gasteiger partial charge is 0.478 e. The normalized spacial score (nSPS) is 10.8. The molecule has 1 aromatic carbocycles. The fourth-order valence-corrected chi connectivity index (χ4v) is 2.18. The van der Waals surface area contributed by atoms with Crippen molar-refractivity contribution in [1.29, 1.82) is 0 Å². The lowest BCUT2D eigenvalue weighted by Gasteiger charge is -2.03. The number of carboxylic acid groups (broad SMARTS) is 1. The summed E-state index contributed by atoms with van der Waals surface area (Å²) in [6, 6.07) is 7.10. The Labute approximate surface area is 112 Å². The van der Waals surface area contributed by atoms with E-state index in [0.717, 1.165) is 5.56 Å². The first-order chi connectivity index (χ1) is 9.16. The smallest absolute Gasteiger partial charge is 0.338 e. The van der Waals surface area contributed by atoms with Crippen LogP contribution in [0.25, 0.3) is 22.3 Å². The van der Waals surface area contributed by atoms with Gasteiger partial charge in [0.25, 0.3) is 0 Å². The molecule has 94 valence electrons. The summed E-state index contributed by atoms with van der Waals surface area (Å²) in [6.45, 7) is 0. The zero-order valence-corrected chi connectivity index (χ0v) is 10.3. The maximum Gasteiger partial charge on any atom is 0.338 e. The van der Waals surface area contributed by atoms with Crippen LogP contribution in [0.1, 0.15) is 10.4 Å². The molecule has 0 aliphatic carbocycles. The predicted octanol–water partition coefficient (Wildman–Crippen LogP) is 2.98. The summed E-state index contributed by atoms with van der Waals surface area (Å²) in [5.74, 6) is -1.02. The molecule has 0 unspecified atom stereocenters. The minimum atomic E-state index is -1.02. The summed E-state index contributed by atoms with van der Waals surface area (Å²) in [5.41, 5.74) is 1.93. The van der Waals surface area contributed by atoms with E-state index >= 15 is 0 Å². The fourth-order valence-electron chi connectivity index (χ4n) is 1.99. The number of nitrogens with one attached hydrogen (secondary N) is 1. The summed E-state index contributed by atoms with van der Waals surface area (Å²) in [7, 11) is 0. The zero-order chi connectivity index (χ0) is 13.4. The van der Waals surface area contributed by atoms with Crippen LogP contribution in [-0.2, 0) is 0 Å². The molecule has 0 aliphatic rings. The molecule has 0 atom stereocenters. The van der Waals surface area contributed by atoms with Crippen molar-refractivity contribution in [2.24, 2.45) is 0 Å². The standard InChI is InChI=1S/C13H8ClN3O2/c14-8-3-1-2-7(4-8)11-10-9(13(18)19)5-15-12(10)17-6-16-11/h1-6H,(H,18,19)(H,15,16,17). The van der Waals surface area contributed by atoms with Gasteiger partial charge in [-0.2, -0.15) is 0 Å². The lowest BCUT2D eigenvalue weighted by Crippen LogP contribution is -1.96. The van der Waals surface area contributed by atoms with Gasteiger partial charge in [-0.25, -0.2) is 14.8 Å².